The first kappa shape index (κ1) is 31.4. The first-order valence-corrected chi connectivity index (χ1v) is 15.8. The molecule has 6 unspecified atom stereocenters. The molecule has 4 aliphatic carbocycles. The molecule has 40 heavy (non-hydrogen) atoms. The minimum Gasteiger partial charge on any atom is -0.385 e. The van der Waals surface area contributed by atoms with Crippen LogP contribution < -0.4 is 11.5 Å². The highest BCUT2D eigenvalue weighted by Crippen LogP contribution is 2.71. The molecule has 0 bridgehead atoms. The van der Waals surface area contributed by atoms with Crippen molar-refractivity contribution in [3.63, 3.8) is 0 Å². The highest BCUT2D eigenvalue weighted by Gasteiger charge is 2.73. The van der Waals surface area contributed by atoms with E-state index in [0.29, 0.717) is 49.8 Å². The van der Waals surface area contributed by atoms with E-state index in [9.17, 15) is 0 Å². The van der Waals surface area contributed by atoms with Crippen LogP contribution in [0, 0.1) is 34.5 Å². The molecule has 0 radical (unpaired) electrons. The van der Waals surface area contributed by atoms with Crippen LogP contribution in [0.2, 0.25) is 0 Å². The number of nitrogens with zero attached hydrogens (tertiary/aromatic N) is 4. The zero-order valence-electron chi connectivity index (χ0n) is 27.1. The van der Waals surface area contributed by atoms with E-state index in [4.69, 9.17) is 20.9 Å². The smallest absolute Gasteiger partial charge is 0.132 e. The van der Waals surface area contributed by atoms with Gasteiger partial charge in [0.05, 0.1) is 37.5 Å². The third-order valence-corrected chi connectivity index (χ3v) is 11.4. The van der Waals surface area contributed by atoms with Gasteiger partial charge in [0.15, 0.2) is 0 Å². The molecule has 0 aromatic heterocycles. The van der Waals surface area contributed by atoms with E-state index >= 15 is 0 Å². The molecule has 8 heteroatoms. The van der Waals surface area contributed by atoms with Crippen LogP contribution >= 0.6 is 0 Å². The molecule has 0 aromatic carbocycles. The SMILES string of the molecule is CC1CCC2C(C)(C)C2(OCCN=C(N)C(C)(C)N=NC(C)(C)C(N)=NCCOC23CC(C)CCC2C3(C)C)C1. The van der Waals surface area contributed by atoms with Crippen LogP contribution in [0.25, 0.3) is 0 Å². The predicted molar refractivity (Wildman–Crippen MR) is 164 cm³/mol. The van der Waals surface area contributed by atoms with Crippen molar-refractivity contribution in [1.82, 2.24) is 0 Å². The largest absolute Gasteiger partial charge is 0.385 e. The Balaban J connectivity index is 1.25. The summed E-state index contributed by atoms with van der Waals surface area (Å²) in [5.41, 5.74) is 11.8. The third-order valence-electron chi connectivity index (χ3n) is 11.4. The Kier molecular flexibility index (Phi) is 8.34. The molecule has 4 aliphatic rings. The number of azo groups is 1. The van der Waals surface area contributed by atoms with Crippen LogP contribution in [0.3, 0.4) is 0 Å². The van der Waals surface area contributed by atoms with Crippen molar-refractivity contribution in [3.8, 4) is 0 Å². The number of amidine groups is 2. The highest BCUT2D eigenvalue weighted by molar-refractivity contribution is 5.90. The quantitative estimate of drug-likeness (QED) is 0.129. The molecule has 0 heterocycles. The van der Waals surface area contributed by atoms with E-state index in [-0.39, 0.29) is 22.0 Å². The Morgan fingerprint density at radius 1 is 0.675 bits per heavy atom. The molecule has 4 saturated carbocycles. The van der Waals surface area contributed by atoms with Crippen molar-refractivity contribution in [2.45, 2.75) is 130 Å². The fourth-order valence-corrected chi connectivity index (χ4v) is 8.21. The minimum atomic E-state index is -0.747. The van der Waals surface area contributed by atoms with Crippen LogP contribution in [-0.2, 0) is 9.47 Å². The third kappa shape index (κ3) is 5.48. The van der Waals surface area contributed by atoms with Gasteiger partial charge < -0.3 is 20.9 Å². The number of rotatable bonds is 12. The fraction of sp³-hybridized carbons (Fsp3) is 0.938. The number of nitrogens with two attached hydrogens (primary N) is 2. The summed E-state index contributed by atoms with van der Waals surface area (Å²) in [5.74, 6) is 3.66. The fourth-order valence-electron chi connectivity index (χ4n) is 8.21. The van der Waals surface area contributed by atoms with E-state index in [1.54, 1.807) is 0 Å². The van der Waals surface area contributed by atoms with Crippen LogP contribution in [0.15, 0.2) is 20.2 Å². The van der Waals surface area contributed by atoms with E-state index < -0.39 is 11.1 Å². The Morgan fingerprint density at radius 2 is 1.02 bits per heavy atom. The van der Waals surface area contributed by atoms with Crippen LogP contribution in [0.1, 0.15) is 108 Å². The summed E-state index contributed by atoms with van der Waals surface area (Å²) >= 11 is 0. The standard InChI is InChI=1S/C32H58N6O2/c1-21-11-13-23-27(3,4)31(23,19-21)39-17-15-35-25(33)29(7,8)37-38-30(9,10)26(34)36-16-18-40-32-20-22(2)12-14-24(32)28(32,5)6/h21-24H,11-20H2,1-10H3,(H2,33,35)(H2,34,36). The second kappa shape index (κ2) is 10.6. The van der Waals surface area contributed by atoms with Crippen molar-refractivity contribution in [2.24, 2.45) is 66.2 Å². The van der Waals surface area contributed by atoms with Gasteiger partial charge in [0.2, 0.25) is 0 Å². The molecule has 4 fully saturated rings. The lowest BCUT2D eigenvalue weighted by Gasteiger charge is -2.28. The lowest BCUT2D eigenvalue weighted by Crippen LogP contribution is -2.40. The van der Waals surface area contributed by atoms with Gasteiger partial charge in [-0.3, -0.25) is 9.98 Å². The number of hydrogen-bond acceptors (Lipinski definition) is 6. The van der Waals surface area contributed by atoms with E-state index in [2.05, 4.69) is 61.8 Å². The maximum absolute atomic E-state index is 6.49. The second-order valence-electron chi connectivity index (χ2n) is 15.6. The van der Waals surface area contributed by atoms with E-state index in [1.165, 1.54) is 25.7 Å². The first-order valence-electron chi connectivity index (χ1n) is 15.8. The molecular weight excluding hydrogens is 500 g/mol. The molecule has 0 amide bonds. The molecule has 0 spiro atoms. The summed E-state index contributed by atoms with van der Waals surface area (Å²) in [7, 11) is 0. The van der Waals surface area contributed by atoms with Crippen molar-refractivity contribution in [2.75, 3.05) is 26.3 Å². The van der Waals surface area contributed by atoms with Crippen LogP contribution in [-0.4, -0.2) is 60.3 Å². The Morgan fingerprint density at radius 3 is 1.38 bits per heavy atom. The number of ether oxygens (including phenoxy) is 2. The van der Waals surface area contributed by atoms with E-state index in [1.807, 2.05) is 27.7 Å². The average molecular weight is 559 g/mol. The lowest BCUT2D eigenvalue weighted by atomic mass is 9.88. The van der Waals surface area contributed by atoms with Crippen molar-refractivity contribution < 1.29 is 9.47 Å². The van der Waals surface area contributed by atoms with Gasteiger partial charge in [0.25, 0.3) is 0 Å². The molecule has 0 aliphatic heterocycles. The summed E-state index contributed by atoms with van der Waals surface area (Å²) in [5, 5.41) is 9.11. The molecular formula is C32H58N6O2. The van der Waals surface area contributed by atoms with E-state index in [0.717, 1.165) is 24.7 Å². The molecule has 6 atom stereocenters. The lowest BCUT2D eigenvalue weighted by molar-refractivity contribution is -0.0212. The summed E-state index contributed by atoms with van der Waals surface area (Å²) in [4.78, 5) is 9.22. The zero-order chi connectivity index (χ0) is 29.8. The highest BCUT2D eigenvalue weighted by atomic mass is 16.5. The maximum atomic E-state index is 6.49. The molecule has 0 aromatic rings. The molecule has 4 rings (SSSR count). The van der Waals surface area contributed by atoms with Crippen molar-refractivity contribution >= 4 is 11.7 Å². The first-order chi connectivity index (χ1) is 18.4. The van der Waals surface area contributed by atoms with Gasteiger partial charge in [-0.15, -0.1) is 0 Å². The zero-order valence-corrected chi connectivity index (χ0v) is 27.1. The minimum absolute atomic E-state index is 0.0151. The van der Waals surface area contributed by atoms with Gasteiger partial charge in [-0.05, 0) is 87.9 Å². The molecule has 228 valence electrons. The Labute approximate surface area is 243 Å². The normalized spacial score (nSPS) is 37.2. The van der Waals surface area contributed by atoms with Crippen molar-refractivity contribution in [3.05, 3.63) is 0 Å². The summed E-state index contributed by atoms with van der Waals surface area (Å²) in [6.07, 6.45) is 7.43. The van der Waals surface area contributed by atoms with Gasteiger partial charge in [-0.2, -0.15) is 10.2 Å². The molecule has 4 N–H and O–H groups in total. The number of hydrogen-bond donors (Lipinski definition) is 2. The molecule has 0 saturated heterocycles. The Bertz CT molecular complexity index is 950. The van der Waals surface area contributed by atoms with Gasteiger partial charge in [0.1, 0.15) is 22.7 Å². The number of fused-ring (bicyclic) bond motifs is 2. The predicted octanol–water partition coefficient (Wildman–Crippen LogP) is 6.17. The molecule has 8 nitrogen and oxygen atoms in total. The van der Waals surface area contributed by atoms with Gasteiger partial charge in [0, 0.05) is 0 Å². The average Bonchev–Trinajstić information content (AvgIpc) is 3.56. The van der Waals surface area contributed by atoms with Gasteiger partial charge in [-0.1, -0.05) is 54.4 Å². The summed E-state index contributed by atoms with van der Waals surface area (Å²) in [6.45, 7) is 24.0. The topological polar surface area (TPSA) is 120 Å². The van der Waals surface area contributed by atoms with Crippen molar-refractivity contribution in [1.29, 1.82) is 0 Å². The summed E-state index contributed by atoms with van der Waals surface area (Å²) in [6, 6.07) is 0. The number of aliphatic imine (C=N–C) groups is 2. The maximum Gasteiger partial charge on any atom is 0.132 e. The summed E-state index contributed by atoms with van der Waals surface area (Å²) < 4.78 is 13.0. The van der Waals surface area contributed by atoms with Crippen LogP contribution in [0.4, 0.5) is 0 Å². The van der Waals surface area contributed by atoms with Crippen LogP contribution in [0.5, 0.6) is 0 Å². The monoisotopic (exact) mass is 558 g/mol. The van der Waals surface area contributed by atoms with Gasteiger partial charge >= 0.3 is 0 Å². The Hall–Kier alpha value is -1.54. The second-order valence-corrected chi connectivity index (χ2v) is 15.6. The van der Waals surface area contributed by atoms with Gasteiger partial charge in [-0.25, -0.2) is 0 Å².